The molecule has 1 saturated heterocycles. The maximum atomic E-state index is 10.8. The van der Waals surface area contributed by atoms with Gasteiger partial charge in [-0.2, -0.15) is 0 Å². The van der Waals surface area contributed by atoms with Crippen LogP contribution in [0, 0.1) is 11.8 Å². The minimum atomic E-state index is -0.904. The zero-order valence-corrected chi connectivity index (χ0v) is 29.1. The normalized spacial score (nSPS) is 25.3. The van der Waals surface area contributed by atoms with E-state index in [-0.39, 0.29) is 18.1 Å². The van der Waals surface area contributed by atoms with Crippen LogP contribution < -0.4 is 0 Å². The molecule has 6 aromatic heterocycles. The van der Waals surface area contributed by atoms with Crippen LogP contribution in [0.1, 0.15) is 82.8 Å². The number of nitrogens with one attached hydrogen (secondary N) is 2. The Bertz CT molecular complexity index is 2030. The van der Waals surface area contributed by atoms with Gasteiger partial charge in [-0.15, -0.1) is 20.4 Å². The number of rotatable bonds is 6. The van der Waals surface area contributed by atoms with E-state index in [1.807, 2.05) is 12.4 Å². The van der Waals surface area contributed by atoms with Crippen LogP contribution in [0.15, 0.2) is 36.9 Å². The van der Waals surface area contributed by atoms with E-state index in [9.17, 15) is 9.59 Å². The Labute approximate surface area is 293 Å². The molecule has 7 heterocycles. The topological polar surface area (TPSA) is 188 Å². The number of nitrogens with zero attached hydrogens (tertiary/aromatic N) is 10. The SMILES string of the molecule is CC(=O)N1CCN(C(=O)O)CC1.CC[C@@H]1C[C@H](O[C@H]2C[C@@H](CC)[C@@H](c3nnc4cnc5[nH]ccc5n34)C2)C[C@@H]1c1nnc2cnc3[nH]ccc3n12. The molecule has 2 aliphatic carbocycles. The van der Waals surface area contributed by atoms with Gasteiger partial charge in [-0.05, 0) is 49.7 Å². The van der Waals surface area contributed by atoms with E-state index in [0.717, 1.165) is 83.8 Å². The number of aromatic amines is 2. The Morgan fingerprint density at radius 2 is 1.22 bits per heavy atom. The van der Waals surface area contributed by atoms with E-state index in [2.05, 4.69) is 75.1 Å². The molecule has 2 amide bonds. The van der Waals surface area contributed by atoms with Gasteiger partial charge in [0.25, 0.3) is 0 Å². The number of fused-ring (bicyclic) bond motifs is 6. The van der Waals surface area contributed by atoms with Crippen LogP contribution in [0.2, 0.25) is 0 Å². The number of hydrogen-bond donors (Lipinski definition) is 3. The highest BCUT2D eigenvalue weighted by Gasteiger charge is 2.43. The number of hydrogen-bond acceptors (Lipinski definition) is 9. The average Bonchev–Trinajstić information content (AvgIpc) is 3.98. The van der Waals surface area contributed by atoms with Crippen molar-refractivity contribution in [3.63, 3.8) is 0 Å². The maximum absolute atomic E-state index is 10.8. The lowest BCUT2D eigenvalue weighted by atomic mass is 9.93. The summed E-state index contributed by atoms with van der Waals surface area (Å²) in [5.41, 5.74) is 5.38. The summed E-state index contributed by atoms with van der Waals surface area (Å²) < 4.78 is 11.3. The van der Waals surface area contributed by atoms with Crippen LogP contribution in [-0.2, 0) is 9.53 Å². The molecule has 2 saturated carbocycles. The number of amides is 2. The summed E-state index contributed by atoms with van der Waals surface area (Å²) in [6.07, 6.45) is 13.2. The molecular formula is C35H44N12O4. The Morgan fingerprint density at radius 1 is 0.745 bits per heavy atom. The first-order chi connectivity index (χ1) is 24.8. The molecule has 9 rings (SSSR count). The summed E-state index contributed by atoms with van der Waals surface area (Å²) in [6, 6.07) is 4.11. The molecule has 3 N–H and O–H groups in total. The van der Waals surface area contributed by atoms with Crippen LogP contribution in [0.5, 0.6) is 0 Å². The molecular weight excluding hydrogens is 652 g/mol. The van der Waals surface area contributed by atoms with Crippen molar-refractivity contribution in [2.75, 3.05) is 26.2 Å². The number of carboxylic acid groups (broad SMARTS) is 1. The quantitative estimate of drug-likeness (QED) is 0.222. The minimum absolute atomic E-state index is 0.0139. The molecule has 3 fully saturated rings. The van der Waals surface area contributed by atoms with Crippen LogP contribution in [-0.4, -0.2) is 114 Å². The molecule has 16 heteroatoms. The van der Waals surface area contributed by atoms with Crippen molar-refractivity contribution in [1.82, 2.24) is 58.9 Å². The van der Waals surface area contributed by atoms with E-state index < -0.39 is 6.09 Å². The molecule has 6 atom stereocenters. The van der Waals surface area contributed by atoms with Gasteiger partial charge < -0.3 is 29.6 Å². The minimum Gasteiger partial charge on any atom is -0.465 e. The van der Waals surface area contributed by atoms with Crippen LogP contribution in [0.3, 0.4) is 0 Å². The highest BCUT2D eigenvalue weighted by atomic mass is 16.5. The second-order valence-corrected chi connectivity index (χ2v) is 14.1. The fourth-order valence-corrected chi connectivity index (χ4v) is 8.67. The van der Waals surface area contributed by atoms with Gasteiger partial charge in [-0.1, -0.05) is 26.7 Å². The Kier molecular flexibility index (Phi) is 8.78. The van der Waals surface area contributed by atoms with Gasteiger partial charge in [-0.25, -0.2) is 14.8 Å². The van der Waals surface area contributed by atoms with E-state index in [1.54, 1.807) is 17.3 Å². The summed E-state index contributed by atoms with van der Waals surface area (Å²) in [6.45, 7) is 7.94. The Morgan fingerprint density at radius 3 is 1.65 bits per heavy atom. The third-order valence-corrected chi connectivity index (χ3v) is 11.3. The summed E-state index contributed by atoms with van der Waals surface area (Å²) in [7, 11) is 0. The van der Waals surface area contributed by atoms with Crippen LogP contribution in [0.25, 0.3) is 33.6 Å². The van der Waals surface area contributed by atoms with Crippen LogP contribution in [0.4, 0.5) is 4.79 Å². The van der Waals surface area contributed by atoms with Crippen molar-refractivity contribution in [3.8, 4) is 0 Å². The van der Waals surface area contributed by atoms with E-state index in [0.29, 0.717) is 49.9 Å². The van der Waals surface area contributed by atoms with E-state index >= 15 is 0 Å². The van der Waals surface area contributed by atoms with Crippen molar-refractivity contribution in [2.24, 2.45) is 11.8 Å². The Hall–Kier alpha value is -5.12. The molecule has 0 bridgehead atoms. The second-order valence-electron chi connectivity index (χ2n) is 14.1. The van der Waals surface area contributed by atoms with Gasteiger partial charge in [-0.3, -0.25) is 13.6 Å². The molecule has 6 aromatic rings. The fraction of sp³-hybridized carbons (Fsp3) is 0.543. The van der Waals surface area contributed by atoms with Gasteiger partial charge in [0.1, 0.15) is 11.6 Å². The lowest BCUT2D eigenvalue weighted by molar-refractivity contribution is -0.130. The molecule has 16 nitrogen and oxygen atoms in total. The van der Waals surface area contributed by atoms with E-state index in [1.165, 1.54) is 11.8 Å². The summed E-state index contributed by atoms with van der Waals surface area (Å²) >= 11 is 0. The van der Waals surface area contributed by atoms with Crippen molar-refractivity contribution < 1.29 is 19.4 Å². The molecule has 1 aliphatic heterocycles. The second kappa shape index (κ2) is 13.5. The van der Waals surface area contributed by atoms with Crippen molar-refractivity contribution in [2.45, 2.75) is 83.3 Å². The predicted octanol–water partition coefficient (Wildman–Crippen LogP) is 4.61. The predicted molar refractivity (Wildman–Crippen MR) is 187 cm³/mol. The Balaban J connectivity index is 0.000000267. The third-order valence-electron chi connectivity index (χ3n) is 11.3. The number of aromatic nitrogens is 10. The molecule has 51 heavy (non-hydrogen) atoms. The fourth-order valence-electron chi connectivity index (χ4n) is 8.67. The highest BCUT2D eigenvalue weighted by Crippen LogP contribution is 2.47. The highest BCUT2D eigenvalue weighted by molar-refractivity contribution is 5.75. The molecule has 3 aliphatic rings. The number of carbonyl (C=O) groups excluding carboxylic acids is 1. The zero-order chi connectivity index (χ0) is 35.2. The standard InChI is InChI=1S/C28H32N10O.C7H12N2O3/c1-3-15-9-17(11-19(15)27-35-33-23-13-31-25-21(37(23)27)5-7-29-25)39-18-10-16(4-2)20(12-18)28-36-34-24-14-32-26-22(38(24)28)6-8-30-26;1-6(10)8-2-4-9(5-3-8)7(11)12/h5-8,13-20,29-30H,3-4,9-12H2,1-2H3;2-5H2,1H3,(H,11,12)/t15-,16-,17+,18+,19+,20+;/m1./s1. The number of piperazine rings is 1. The molecule has 268 valence electrons. The van der Waals surface area contributed by atoms with E-state index in [4.69, 9.17) is 9.84 Å². The smallest absolute Gasteiger partial charge is 0.407 e. The average molecular weight is 697 g/mol. The maximum Gasteiger partial charge on any atom is 0.407 e. The van der Waals surface area contributed by atoms with Gasteiger partial charge in [0.15, 0.2) is 22.6 Å². The monoisotopic (exact) mass is 696 g/mol. The van der Waals surface area contributed by atoms with Crippen LogP contribution >= 0.6 is 0 Å². The van der Waals surface area contributed by atoms with Gasteiger partial charge in [0, 0.05) is 57.3 Å². The number of H-pyrrole nitrogens is 2. The first-order valence-electron chi connectivity index (χ1n) is 18.1. The largest absolute Gasteiger partial charge is 0.465 e. The molecule has 0 aromatic carbocycles. The first-order valence-corrected chi connectivity index (χ1v) is 18.1. The molecule has 0 spiro atoms. The third kappa shape index (κ3) is 6.04. The molecule has 0 radical (unpaired) electrons. The van der Waals surface area contributed by atoms with Crippen molar-refractivity contribution in [3.05, 3.63) is 48.6 Å². The van der Waals surface area contributed by atoms with Gasteiger partial charge in [0.05, 0.1) is 35.6 Å². The summed E-state index contributed by atoms with van der Waals surface area (Å²) in [4.78, 5) is 39.7. The number of ether oxygens (including phenoxy) is 1. The number of carbonyl (C=O) groups is 2. The zero-order valence-electron chi connectivity index (χ0n) is 29.1. The van der Waals surface area contributed by atoms with Gasteiger partial charge in [0.2, 0.25) is 5.91 Å². The van der Waals surface area contributed by atoms with Crippen molar-refractivity contribution in [1.29, 1.82) is 0 Å². The lowest BCUT2D eigenvalue weighted by Gasteiger charge is -2.32. The summed E-state index contributed by atoms with van der Waals surface area (Å²) in [5, 5.41) is 26.9. The molecule has 0 unspecified atom stereocenters. The van der Waals surface area contributed by atoms with Gasteiger partial charge >= 0.3 is 6.09 Å². The van der Waals surface area contributed by atoms with Crippen molar-refractivity contribution >= 4 is 45.6 Å². The lowest BCUT2D eigenvalue weighted by Crippen LogP contribution is -2.49. The first kappa shape index (κ1) is 33.0. The summed E-state index contributed by atoms with van der Waals surface area (Å²) in [5.74, 6) is 3.72.